The Labute approximate surface area is 111 Å². The monoisotopic (exact) mass is 247 g/mol. The molecule has 0 spiro atoms. The zero-order chi connectivity index (χ0) is 12.8. The lowest BCUT2D eigenvalue weighted by atomic mass is 9.98. The van der Waals surface area contributed by atoms with Crippen LogP contribution in [0.15, 0.2) is 24.3 Å². The molecule has 0 aliphatic carbocycles. The van der Waals surface area contributed by atoms with Gasteiger partial charge in [-0.25, -0.2) is 0 Å². The Bertz CT molecular complexity index is 358. The van der Waals surface area contributed by atoms with Crippen molar-refractivity contribution in [1.29, 1.82) is 0 Å². The number of ether oxygens (including phenoxy) is 1. The summed E-state index contributed by atoms with van der Waals surface area (Å²) in [5.41, 5.74) is 2.86. The molecule has 0 amide bonds. The van der Waals surface area contributed by atoms with Crippen molar-refractivity contribution in [2.75, 3.05) is 19.8 Å². The first kappa shape index (κ1) is 13.6. The fourth-order valence-electron chi connectivity index (χ4n) is 2.56. The second-order valence-electron chi connectivity index (χ2n) is 5.50. The van der Waals surface area contributed by atoms with Crippen LogP contribution in [0.5, 0.6) is 0 Å². The van der Waals surface area contributed by atoms with Crippen molar-refractivity contribution in [2.24, 2.45) is 5.92 Å². The maximum Gasteiger partial charge on any atom is 0.0469 e. The van der Waals surface area contributed by atoms with Gasteiger partial charge in [0.2, 0.25) is 0 Å². The van der Waals surface area contributed by atoms with Crippen LogP contribution < -0.4 is 5.32 Å². The molecule has 1 aromatic rings. The molecular formula is C16H25NO. The summed E-state index contributed by atoms with van der Waals surface area (Å²) < 4.78 is 5.39. The molecule has 100 valence electrons. The summed E-state index contributed by atoms with van der Waals surface area (Å²) in [5, 5.41) is 3.67. The lowest BCUT2D eigenvalue weighted by molar-refractivity contribution is 0.0656. The zero-order valence-corrected chi connectivity index (χ0v) is 11.6. The number of aryl methyl sites for hydroxylation is 1. The number of benzene rings is 1. The van der Waals surface area contributed by atoms with Crippen LogP contribution in [0.1, 0.15) is 30.9 Å². The fraction of sp³-hybridized carbons (Fsp3) is 0.625. The average molecular weight is 247 g/mol. The Morgan fingerprint density at radius 1 is 1.28 bits per heavy atom. The zero-order valence-electron chi connectivity index (χ0n) is 11.6. The summed E-state index contributed by atoms with van der Waals surface area (Å²) in [7, 11) is 0. The van der Waals surface area contributed by atoms with E-state index >= 15 is 0 Å². The second-order valence-corrected chi connectivity index (χ2v) is 5.50. The van der Waals surface area contributed by atoms with Crippen LogP contribution >= 0.6 is 0 Å². The molecule has 0 bridgehead atoms. The summed E-state index contributed by atoms with van der Waals surface area (Å²) in [6.07, 6.45) is 3.55. The Kier molecular flexibility index (Phi) is 5.21. The van der Waals surface area contributed by atoms with Crippen LogP contribution in [-0.2, 0) is 11.2 Å². The summed E-state index contributed by atoms with van der Waals surface area (Å²) in [6, 6.07) is 9.23. The lowest BCUT2D eigenvalue weighted by Gasteiger charge is -2.24. The van der Waals surface area contributed by atoms with Gasteiger partial charge in [-0.15, -0.1) is 0 Å². The number of hydrogen-bond acceptors (Lipinski definition) is 2. The van der Waals surface area contributed by atoms with Crippen molar-refractivity contribution in [1.82, 2.24) is 5.32 Å². The summed E-state index contributed by atoms with van der Waals surface area (Å²) in [5.74, 6) is 0.804. The van der Waals surface area contributed by atoms with Crippen LogP contribution in [0.2, 0.25) is 0 Å². The van der Waals surface area contributed by atoms with E-state index in [2.05, 4.69) is 43.4 Å². The highest BCUT2D eigenvalue weighted by atomic mass is 16.5. The van der Waals surface area contributed by atoms with Crippen LogP contribution in [-0.4, -0.2) is 25.8 Å². The van der Waals surface area contributed by atoms with E-state index in [0.717, 1.165) is 32.1 Å². The first-order valence-electron chi connectivity index (χ1n) is 7.11. The van der Waals surface area contributed by atoms with Gasteiger partial charge in [-0.3, -0.25) is 0 Å². The van der Waals surface area contributed by atoms with Gasteiger partial charge in [0.15, 0.2) is 0 Å². The Morgan fingerprint density at radius 3 is 2.72 bits per heavy atom. The van der Waals surface area contributed by atoms with Crippen molar-refractivity contribution in [3.05, 3.63) is 35.4 Å². The Hall–Kier alpha value is -0.860. The average Bonchev–Trinajstić information content (AvgIpc) is 2.40. The molecule has 1 aromatic carbocycles. The van der Waals surface area contributed by atoms with Gasteiger partial charge >= 0.3 is 0 Å². The van der Waals surface area contributed by atoms with E-state index in [4.69, 9.17) is 4.74 Å². The number of rotatable bonds is 5. The molecule has 2 rings (SSSR count). The molecule has 1 fully saturated rings. The first-order chi connectivity index (χ1) is 8.75. The van der Waals surface area contributed by atoms with E-state index in [-0.39, 0.29) is 0 Å². The van der Waals surface area contributed by atoms with Crippen LogP contribution in [0.3, 0.4) is 0 Å². The minimum atomic E-state index is 0.550. The second kappa shape index (κ2) is 6.91. The highest BCUT2D eigenvalue weighted by Crippen LogP contribution is 2.14. The predicted molar refractivity (Wildman–Crippen MR) is 75.9 cm³/mol. The van der Waals surface area contributed by atoms with E-state index in [0.29, 0.717) is 6.04 Å². The predicted octanol–water partition coefficient (Wildman–Crippen LogP) is 2.94. The summed E-state index contributed by atoms with van der Waals surface area (Å²) in [6.45, 7) is 7.50. The van der Waals surface area contributed by atoms with Gasteiger partial charge in [0.1, 0.15) is 0 Å². The highest BCUT2D eigenvalue weighted by molar-refractivity contribution is 5.26. The van der Waals surface area contributed by atoms with Crippen molar-refractivity contribution in [3.63, 3.8) is 0 Å². The topological polar surface area (TPSA) is 21.3 Å². The summed E-state index contributed by atoms with van der Waals surface area (Å²) >= 11 is 0. The van der Waals surface area contributed by atoms with E-state index in [1.807, 2.05) is 0 Å². The van der Waals surface area contributed by atoms with E-state index in [1.54, 1.807) is 0 Å². The number of nitrogens with one attached hydrogen (secondary N) is 1. The largest absolute Gasteiger partial charge is 0.381 e. The Balaban J connectivity index is 1.74. The number of hydrogen-bond donors (Lipinski definition) is 1. The SMILES string of the molecule is Cc1ccccc1CC(C)NCC1CCOCC1. The van der Waals surface area contributed by atoms with Crippen molar-refractivity contribution >= 4 is 0 Å². The molecule has 18 heavy (non-hydrogen) atoms. The lowest BCUT2D eigenvalue weighted by Crippen LogP contribution is -2.34. The molecule has 1 aliphatic rings. The molecule has 1 heterocycles. The molecule has 1 N–H and O–H groups in total. The van der Waals surface area contributed by atoms with Gasteiger partial charge in [-0.2, -0.15) is 0 Å². The standard InChI is InChI=1S/C16H25NO/c1-13-5-3-4-6-16(13)11-14(2)17-12-15-7-9-18-10-8-15/h3-6,14-15,17H,7-12H2,1-2H3. The molecule has 2 nitrogen and oxygen atoms in total. The van der Waals surface area contributed by atoms with Gasteiger partial charge in [0.25, 0.3) is 0 Å². The van der Waals surface area contributed by atoms with Crippen molar-refractivity contribution < 1.29 is 4.74 Å². The molecule has 0 aromatic heterocycles. The summed E-state index contributed by atoms with van der Waals surface area (Å²) in [4.78, 5) is 0. The minimum Gasteiger partial charge on any atom is -0.381 e. The molecule has 1 saturated heterocycles. The normalized spacial score (nSPS) is 18.8. The highest BCUT2D eigenvalue weighted by Gasteiger charge is 2.14. The van der Waals surface area contributed by atoms with E-state index in [1.165, 1.54) is 24.0 Å². The molecule has 1 aliphatic heterocycles. The maximum absolute atomic E-state index is 5.39. The van der Waals surface area contributed by atoms with Gasteiger partial charge < -0.3 is 10.1 Å². The smallest absolute Gasteiger partial charge is 0.0469 e. The van der Waals surface area contributed by atoms with Crippen LogP contribution in [0.25, 0.3) is 0 Å². The van der Waals surface area contributed by atoms with Gasteiger partial charge in [0.05, 0.1) is 0 Å². The fourth-order valence-corrected chi connectivity index (χ4v) is 2.56. The van der Waals surface area contributed by atoms with E-state index in [9.17, 15) is 0 Å². The molecule has 0 saturated carbocycles. The van der Waals surface area contributed by atoms with Crippen LogP contribution in [0.4, 0.5) is 0 Å². The minimum absolute atomic E-state index is 0.550. The van der Waals surface area contributed by atoms with Gasteiger partial charge in [-0.05, 0) is 56.7 Å². The van der Waals surface area contributed by atoms with Crippen LogP contribution in [0, 0.1) is 12.8 Å². The van der Waals surface area contributed by atoms with Crippen molar-refractivity contribution in [3.8, 4) is 0 Å². The third-order valence-corrected chi connectivity index (χ3v) is 3.88. The van der Waals surface area contributed by atoms with Gasteiger partial charge in [-0.1, -0.05) is 24.3 Å². The molecule has 1 unspecified atom stereocenters. The Morgan fingerprint density at radius 2 is 2.00 bits per heavy atom. The van der Waals surface area contributed by atoms with Gasteiger partial charge in [0, 0.05) is 19.3 Å². The molecule has 2 heteroatoms. The molecule has 1 atom stereocenters. The third-order valence-electron chi connectivity index (χ3n) is 3.88. The molecule has 0 radical (unpaired) electrons. The molecular weight excluding hydrogens is 222 g/mol. The van der Waals surface area contributed by atoms with E-state index < -0.39 is 0 Å². The third kappa shape index (κ3) is 4.11. The quantitative estimate of drug-likeness (QED) is 0.864. The van der Waals surface area contributed by atoms with Crippen molar-refractivity contribution in [2.45, 2.75) is 39.2 Å². The first-order valence-corrected chi connectivity index (χ1v) is 7.11. The maximum atomic E-state index is 5.39.